The summed E-state index contributed by atoms with van der Waals surface area (Å²) >= 11 is 1.19. The second-order valence-electron chi connectivity index (χ2n) is 3.92. The number of aromatic nitrogens is 3. The van der Waals surface area contributed by atoms with Crippen LogP contribution in [0.3, 0.4) is 0 Å². The number of aliphatic carboxylic acids is 1. The van der Waals surface area contributed by atoms with Crippen LogP contribution in [0.15, 0.2) is 23.7 Å². The molecule has 0 atom stereocenters. The molecule has 0 bridgehead atoms. The van der Waals surface area contributed by atoms with Gasteiger partial charge >= 0.3 is 5.97 Å². The lowest BCUT2D eigenvalue weighted by Gasteiger charge is -1.96. The van der Waals surface area contributed by atoms with Gasteiger partial charge in [-0.25, -0.2) is 4.98 Å². The normalized spacial score (nSPS) is 10.8. The molecule has 0 fully saturated rings. The highest BCUT2D eigenvalue weighted by molar-refractivity contribution is 7.14. The molecular formula is C12H12N4O3S. The van der Waals surface area contributed by atoms with E-state index in [1.54, 1.807) is 35.4 Å². The molecule has 1 amide bonds. The summed E-state index contributed by atoms with van der Waals surface area (Å²) in [6, 6.07) is 1.78. The highest BCUT2D eigenvalue weighted by Gasteiger charge is 2.07. The first-order valence-corrected chi connectivity index (χ1v) is 6.56. The van der Waals surface area contributed by atoms with E-state index >= 15 is 0 Å². The molecule has 0 radical (unpaired) electrons. The zero-order valence-corrected chi connectivity index (χ0v) is 11.4. The van der Waals surface area contributed by atoms with Gasteiger partial charge in [0.25, 0.3) is 0 Å². The molecule has 2 aromatic heterocycles. The largest absolute Gasteiger partial charge is 0.481 e. The number of carboxylic acid groups (broad SMARTS) is 1. The molecule has 2 aromatic rings. The van der Waals surface area contributed by atoms with E-state index in [1.807, 2.05) is 0 Å². The first-order valence-electron chi connectivity index (χ1n) is 5.68. The topological polar surface area (TPSA) is 97.1 Å². The Bertz CT molecular complexity index is 659. The highest BCUT2D eigenvalue weighted by atomic mass is 32.1. The summed E-state index contributed by atoms with van der Waals surface area (Å²) in [7, 11) is 1.77. The van der Waals surface area contributed by atoms with Gasteiger partial charge in [-0.05, 0) is 12.1 Å². The fourth-order valence-corrected chi connectivity index (χ4v) is 2.17. The number of amides is 1. The van der Waals surface area contributed by atoms with Gasteiger partial charge in [0.2, 0.25) is 5.91 Å². The number of nitrogens with zero attached hydrogens (tertiary/aromatic N) is 3. The first-order chi connectivity index (χ1) is 9.54. The Labute approximate surface area is 118 Å². The van der Waals surface area contributed by atoms with Crippen LogP contribution in [0.25, 0.3) is 6.08 Å². The van der Waals surface area contributed by atoms with Crippen molar-refractivity contribution >= 4 is 34.4 Å². The predicted molar refractivity (Wildman–Crippen MR) is 74.3 cm³/mol. The van der Waals surface area contributed by atoms with Crippen molar-refractivity contribution in [1.82, 2.24) is 14.8 Å². The van der Waals surface area contributed by atoms with Gasteiger partial charge in [-0.1, -0.05) is 0 Å². The summed E-state index contributed by atoms with van der Waals surface area (Å²) in [6.45, 7) is 0. The molecule has 0 aromatic carbocycles. The van der Waals surface area contributed by atoms with Gasteiger partial charge < -0.3 is 5.11 Å². The molecular weight excluding hydrogens is 280 g/mol. The summed E-state index contributed by atoms with van der Waals surface area (Å²) < 4.78 is 1.64. The zero-order valence-electron chi connectivity index (χ0n) is 10.6. The van der Waals surface area contributed by atoms with Crippen LogP contribution in [0.4, 0.5) is 5.13 Å². The minimum absolute atomic E-state index is 0.156. The van der Waals surface area contributed by atoms with Gasteiger partial charge in [-0.2, -0.15) is 5.10 Å². The van der Waals surface area contributed by atoms with Gasteiger partial charge in [-0.3, -0.25) is 19.6 Å². The predicted octanol–water partition coefficient (Wildman–Crippen LogP) is 1.16. The number of carbonyl (C=O) groups excluding carboxylic acids is 1. The Morgan fingerprint density at radius 2 is 2.35 bits per heavy atom. The van der Waals surface area contributed by atoms with Gasteiger partial charge in [0, 0.05) is 24.7 Å². The average Bonchev–Trinajstić information content (AvgIpc) is 2.96. The van der Waals surface area contributed by atoms with Crippen LogP contribution in [0.1, 0.15) is 11.4 Å². The van der Waals surface area contributed by atoms with Crippen LogP contribution >= 0.6 is 11.3 Å². The number of carbonyl (C=O) groups is 2. The van der Waals surface area contributed by atoms with Crippen molar-refractivity contribution in [2.45, 2.75) is 6.42 Å². The molecule has 0 saturated carbocycles. The van der Waals surface area contributed by atoms with E-state index in [0.29, 0.717) is 10.8 Å². The van der Waals surface area contributed by atoms with Crippen molar-refractivity contribution in [1.29, 1.82) is 0 Å². The van der Waals surface area contributed by atoms with Crippen LogP contribution in [-0.2, 0) is 23.1 Å². The van der Waals surface area contributed by atoms with E-state index in [4.69, 9.17) is 5.11 Å². The first kappa shape index (κ1) is 13.9. The van der Waals surface area contributed by atoms with Crippen LogP contribution in [0.5, 0.6) is 0 Å². The number of carboxylic acids is 1. The maximum atomic E-state index is 11.7. The molecule has 0 spiro atoms. The van der Waals surface area contributed by atoms with Crippen molar-refractivity contribution in [3.63, 3.8) is 0 Å². The third kappa shape index (κ3) is 3.75. The quantitative estimate of drug-likeness (QED) is 0.806. The number of rotatable bonds is 5. The number of hydrogen-bond acceptors (Lipinski definition) is 5. The van der Waals surface area contributed by atoms with Crippen LogP contribution in [0, 0.1) is 0 Å². The number of nitrogens with one attached hydrogen (secondary N) is 1. The van der Waals surface area contributed by atoms with E-state index in [-0.39, 0.29) is 12.3 Å². The molecule has 0 unspecified atom stereocenters. The lowest BCUT2D eigenvalue weighted by atomic mass is 10.3. The third-order valence-electron chi connectivity index (χ3n) is 2.38. The van der Waals surface area contributed by atoms with Gasteiger partial charge in [0.15, 0.2) is 5.13 Å². The van der Waals surface area contributed by atoms with Gasteiger partial charge in [-0.15, -0.1) is 11.3 Å². The molecule has 0 aliphatic carbocycles. The molecule has 20 heavy (non-hydrogen) atoms. The minimum Gasteiger partial charge on any atom is -0.481 e. The molecule has 2 N–H and O–H groups in total. The molecule has 2 heterocycles. The van der Waals surface area contributed by atoms with Crippen molar-refractivity contribution in [3.05, 3.63) is 35.1 Å². The Hall–Kier alpha value is -2.48. The average molecular weight is 292 g/mol. The van der Waals surface area contributed by atoms with E-state index in [9.17, 15) is 9.59 Å². The Kier molecular flexibility index (Phi) is 4.26. The standard InChI is InChI=1S/C12H12N4O3S/c1-16-9(4-5-13-16)2-3-10(17)15-12-14-8(7-20-12)6-11(18)19/h2-5,7H,6H2,1H3,(H,18,19)(H,14,15,17)/b3-2+. The lowest BCUT2D eigenvalue weighted by molar-refractivity contribution is -0.136. The number of anilines is 1. The molecule has 8 heteroatoms. The summed E-state index contributed by atoms with van der Waals surface area (Å²) in [4.78, 5) is 26.2. The molecule has 0 saturated heterocycles. The van der Waals surface area contributed by atoms with E-state index in [1.165, 1.54) is 17.4 Å². The fourth-order valence-electron chi connectivity index (χ4n) is 1.46. The molecule has 0 aliphatic heterocycles. The second-order valence-corrected chi connectivity index (χ2v) is 4.77. The van der Waals surface area contributed by atoms with Crippen LogP contribution in [0.2, 0.25) is 0 Å². The van der Waals surface area contributed by atoms with Gasteiger partial charge in [0.1, 0.15) is 0 Å². The van der Waals surface area contributed by atoms with Crippen LogP contribution in [-0.4, -0.2) is 31.7 Å². The second kappa shape index (κ2) is 6.11. The maximum absolute atomic E-state index is 11.7. The number of hydrogen-bond donors (Lipinski definition) is 2. The van der Waals surface area contributed by atoms with Crippen molar-refractivity contribution < 1.29 is 14.7 Å². The van der Waals surface area contributed by atoms with Gasteiger partial charge in [0.05, 0.1) is 17.8 Å². The van der Waals surface area contributed by atoms with Crippen molar-refractivity contribution in [3.8, 4) is 0 Å². The smallest absolute Gasteiger partial charge is 0.309 e. The SMILES string of the molecule is Cn1nccc1/C=C/C(=O)Nc1nc(CC(=O)O)cs1. The molecule has 2 rings (SSSR count). The summed E-state index contributed by atoms with van der Waals surface area (Å²) in [5.41, 5.74) is 1.22. The summed E-state index contributed by atoms with van der Waals surface area (Å²) in [6.07, 6.45) is 4.48. The maximum Gasteiger partial charge on any atom is 0.309 e. The minimum atomic E-state index is -0.954. The third-order valence-corrected chi connectivity index (χ3v) is 3.19. The van der Waals surface area contributed by atoms with E-state index < -0.39 is 5.97 Å². The Balaban J connectivity index is 1.94. The van der Waals surface area contributed by atoms with E-state index in [0.717, 1.165) is 5.69 Å². The highest BCUT2D eigenvalue weighted by Crippen LogP contribution is 2.15. The summed E-state index contributed by atoms with van der Waals surface area (Å²) in [5.74, 6) is -1.29. The Morgan fingerprint density at radius 3 is 3.00 bits per heavy atom. The Morgan fingerprint density at radius 1 is 1.55 bits per heavy atom. The lowest BCUT2D eigenvalue weighted by Crippen LogP contribution is -2.08. The summed E-state index contributed by atoms with van der Waals surface area (Å²) in [5, 5.41) is 17.2. The fraction of sp³-hybridized carbons (Fsp3) is 0.167. The number of thiazole rings is 1. The molecule has 7 nitrogen and oxygen atoms in total. The van der Waals surface area contributed by atoms with Crippen molar-refractivity contribution in [2.75, 3.05) is 5.32 Å². The monoisotopic (exact) mass is 292 g/mol. The van der Waals surface area contributed by atoms with Crippen molar-refractivity contribution in [2.24, 2.45) is 7.05 Å². The molecule has 104 valence electrons. The molecule has 0 aliphatic rings. The number of aryl methyl sites for hydroxylation is 1. The zero-order chi connectivity index (χ0) is 14.5. The van der Waals surface area contributed by atoms with Crippen LogP contribution < -0.4 is 5.32 Å². The van der Waals surface area contributed by atoms with E-state index in [2.05, 4.69) is 15.4 Å².